The van der Waals surface area contributed by atoms with Crippen LogP contribution < -0.4 is 4.74 Å². The maximum absolute atomic E-state index is 12.7. The van der Waals surface area contributed by atoms with Crippen molar-refractivity contribution in [3.63, 3.8) is 0 Å². The van der Waals surface area contributed by atoms with Gasteiger partial charge in [-0.05, 0) is 30.7 Å². The number of carboxylic acid groups (broad SMARTS) is 1. The Morgan fingerprint density at radius 3 is 2.85 bits per heavy atom. The summed E-state index contributed by atoms with van der Waals surface area (Å²) in [7, 11) is 0. The van der Waals surface area contributed by atoms with Crippen LogP contribution in [0.4, 0.5) is 0 Å². The van der Waals surface area contributed by atoms with Gasteiger partial charge in [-0.25, -0.2) is 4.98 Å². The molecule has 1 unspecified atom stereocenters. The van der Waals surface area contributed by atoms with Crippen molar-refractivity contribution in [2.45, 2.75) is 25.9 Å². The summed E-state index contributed by atoms with van der Waals surface area (Å²) in [4.78, 5) is 29.6. The van der Waals surface area contributed by atoms with E-state index in [4.69, 9.17) is 14.6 Å². The summed E-state index contributed by atoms with van der Waals surface area (Å²) in [6, 6.07) is 7.64. The third kappa shape index (κ3) is 5.05. The second-order valence-electron chi connectivity index (χ2n) is 6.25. The maximum Gasteiger partial charge on any atom is 0.306 e. The maximum atomic E-state index is 12.7. The first-order chi connectivity index (χ1) is 13.1. The van der Waals surface area contributed by atoms with Gasteiger partial charge in [0.2, 0.25) is 0 Å². The van der Waals surface area contributed by atoms with Crippen LogP contribution in [0.25, 0.3) is 10.6 Å². The quantitative estimate of drug-likeness (QED) is 0.782. The number of amides is 1. The predicted octanol–water partition coefficient (Wildman–Crippen LogP) is 2.91. The van der Waals surface area contributed by atoms with Crippen LogP contribution in [-0.2, 0) is 9.53 Å². The van der Waals surface area contributed by atoms with E-state index in [2.05, 4.69) is 11.9 Å². The standard InChI is InChI=1S/C19H22N2O5S/c1-2-8-25-14-5-3-13(4-6-14)18-20-16(12-27-18)19(24)21-7-9-26-15(11-21)10-17(22)23/h3-6,12,15H,2,7-11H2,1H3,(H,22,23). The van der Waals surface area contributed by atoms with Crippen LogP contribution in [0.1, 0.15) is 30.3 Å². The molecular formula is C19H22N2O5S. The minimum atomic E-state index is -0.934. The first-order valence-electron chi connectivity index (χ1n) is 8.88. The van der Waals surface area contributed by atoms with Crippen LogP contribution in [-0.4, -0.2) is 59.3 Å². The molecule has 8 heteroatoms. The van der Waals surface area contributed by atoms with Gasteiger partial charge in [-0.15, -0.1) is 11.3 Å². The molecule has 1 atom stereocenters. The van der Waals surface area contributed by atoms with E-state index in [1.54, 1.807) is 10.3 Å². The Morgan fingerprint density at radius 2 is 2.15 bits per heavy atom. The zero-order valence-corrected chi connectivity index (χ0v) is 15.9. The molecular weight excluding hydrogens is 368 g/mol. The van der Waals surface area contributed by atoms with Crippen LogP contribution in [0.2, 0.25) is 0 Å². The van der Waals surface area contributed by atoms with Gasteiger partial charge in [-0.1, -0.05) is 6.92 Å². The lowest BCUT2D eigenvalue weighted by molar-refractivity contribution is -0.141. The largest absolute Gasteiger partial charge is 0.494 e. The van der Waals surface area contributed by atoms with Gasteiger partial charge in [0.15, 0.2) is 0 Å². The molecule has 0 bridgehead atoms. The van der Waals surface area contributed by atoms with Crippen LogP contribution in [0.3, 0.4) is 0 Å². The van der Waals surface area contributed by atoms with Crippen molar-refractivity contribution >= 4 is 23.2 Å². The van der Waals surface area contributed by atoms with Gasteiger partial charge in [-0.3, -0.25) is 9.59 Å². The summed E-state index contributed by atoms with van der Waals surface area (Å²) in [5, 5.41) is 11.4. The molecule has 1 saturated heterocycles. The molecule has 1 fully saturated rings. The number of rotatable bonds is 7. The highest BCUT2D eigenvalue weighted by molar-refractivity contribution is 7.13. The summed E-state index contributed by atoms with van der Waals surface area (Å²) < 4.78 is 11.0. The fourth-order valence-electron chi connectivity index (χ4n) is 2.80. The second-order valence-corrected chi connectivity index (χ2v) is 7.11. The first kappa shape index (κ1) is 19.3. The molecule has 1 N–H and O–H groups in total. The Morgan fingerprint density at radius 1 is 1.37 bits per heavy atom. The number of hydrogen-bond acceptors (Lipinski definition) is 6. The zero-order valence-electron chi connectivity index (χ0n) is 15.1. The number of benzene rings is 1. The Balaban J connectivity index is 1.66. The van der Waals surface area contributed by atoms with Crippen LogP contribution in [0, 0.1) is 0 Å². The van der Waals surface area contributed by atoms with E-state index in [-0.39, 0.29) is 18.9 Å². The van der Waals surface area contributed by atoms with Crippen molar-refractivity contribution < 1.29 is 24.2 Å². The number of morpholine rings is 1. The molecule has 0 spiro atoms. The second kappa shape index (κ2) is 8.96. The average molecular weight is 390 g/mol. The molecule has 144 valence electrons. The highest BCUT2D eigenvalue weighted by Gasteiger charge is 2.27. The molecule has 0 saturated carbocycles. The number of ether oxygens (including phenoxy) is 2. The number of aromatic nitrogens is 1. The van der Waals surface area contributed by atoms with Crippen molar-refractivity contribution in [1.82, 2.24) is 9.88 Å². The van der Waals surface area contributed by atoms with Crippen molar-refractivity contribution in [2.75, 3.05) is 26.3 Å². The minimum Gasteiger partial charge on any atom is -0.494 e. The monoisotopic (exact) mass is 390 g/mol. The number of carbonyl (C=O) groups excluding carboxylic acids is 1. The summed E-state index contributed by atoms with van der Waals surface area (Å²) in [5.41, 5.74) is 1.30. The number of thiazole rings is 1. The van der Waals surface area contributed by atoms with Gasteiger partial charge in [0.1, 0.15) is 16.5 Å². The zero-order chi connectivity index (χ0) is 19.2. The van der Waals surface area contributed by atoms with Crippen LogP contribution in [0.5, 0.6) is 5.75 Å². The molecule has 0 radical (unpaired) electrons. The molecule has 2 aromatic rings. The number of aliphatic carboxylic acids is 1. The molecule has 1 aliphatic rings. The lowest BCUT2D eigenvalue weighted by Gasteiger charge is -2.31. The van der Waals surface area contributed by atoms with E-state index in [9.17, 15) is 9.59 Å². The number of carboxylic acids is 1. The summed E-state index contributed by atoms with van der Waals surface area (Å²) in [5.74, 6) is -0.318. The summed E-state index contributed by atoms with van der Waals surface area (Å²) >= 11 is 1.41. The molecule has 0 aliphatic carbocycles. The smallest absolute Gasteiger partial charge is 0.306 e. The fourth-order valence-corrected chi connectivity index (χ4v) is 3.60. The molecule has 1 aliphatic heterocycles. The SMILES string of the molecule is CCCOc1ccc(-c2nc(C(=O)N3CCOC(CC(=O)O)C3)cs2)cc1. The number of hydrogen-bond donors (Lipinski definition) is 1. The van der Waals surface area contributed by atoms with E-state index in [1.807, 2.05) is 24.3 Å². The van der Waals surface area contributed by atoms with E-state index >= 15 is 0 Å². The molecule has 7 nitrogen and oxygen atoms in total. The van der Waals surface area contributed by atoms with E-state index in [0.29, 0.717) is 25.5 Å². The Hall–Kier alpha value is -2.45. The fraction of sp³-hybridized carbons (Fsp3) is 0.421. The normalized spacial score (nSPS) is 16.9. The molecule has 27 heavy (non-hydrogen) atoms. The van der Waals surface area contributed by atoms with Crippen molar-refractivity contribution in [1.29, 1.82) is 0 Å². The topological polar surface area (TPSA) is 89.0 Å². The lowest BCUT2D eigenvalue weighted by Crippen LogP contribution is -2.46. The van der Waals surface area contributed by atoms with E-state index in [0.717, 1.165) is 22.7 Å². The van der Waals surface area contributed by atoms with E-state index in [1.165, 1.54) is 11.3 Å². The summed E-state index contributed by atoms with van der Waals surface area (Å²) in [6.45, 7) is 3.77. The van der Waals surface area contributed by atoms with Gasteiger partial charge >= 0.3 is 5.97 Å². The van der Waals surface area contributed by atoms with Crippen LogP contribution in [0.15, 0.2) is 29.6 Å². The highest BCUT2D eigenvalue weighted by Crippen LogP contribution is 2.26. The first-order valence-corrected chi connectivity index (χ1v) is 9.76. The Kier molecular flexibility index (Phi) is 6.41. The van der Waals surface area contributed by atoms with Gasteiger partial charge in [0, 0.05) is 24.0 Å². The predicted molar refractivity (Wildman–Crippen MR) is 101 cm³/mol. The van der Waals surface area contributed by atoms with Gasteiger partial charge in [0.25, 0.3) is 5.91 Å². The van der Waals surface area contributed by atoms with Crippen molar-refractivity contribution in [2.24, 2.45) is 0 Å². The molecule has 2 heterocycles. The Labute approximate surface area is 161 Å². The van der Waals surface area contributed by atoms with Gasteiger partial charge in [0.05, 0.1) is 25.7 Å². The minimum absolute atomic E-state index is 0.113. The average Bonchev–Trinajstić information content (AvgIpc) is 3.16. The third-order valence-corrected chi connectivity index (χ3v) is 5.02. The molecule has 1 aromatic carbocycles. The Bertz CT molecular complexity index is 790. The van der Waals surface area contributed by atoms with Gasteiger partial charge in [-0.2, -0.15) is 0 Å². The highest BCUT2D eigenvalue weighted by atomic mass is 32.1. The van der Waals surface area contributed by atoms with Gasteiger partial charge < -0.3 is 19.5 Å². The molecule has 1 aromatic heterocycles. The third-order valence-electron chi connectivity index (χ3n) is 4.13. The molecule has 1 amide bonds. The lowest BCUT2D eigenvalue weighted by atomic mass is 10.2. The number of carbonyl (C=O) groups is 2. The molecule has 3 rings (SSSR count). The number of nitrogens with zero attached hydrogens (tertiary/aromatic N) is 2. The van der Waals surface area contributed by atoms with Crippen LogP contribution >= 0.6 is 11.3 Å². The van der Waals surface area contributed by atoms with Crippen molar-refractivity contribution in [3.8, 4) is 16.3 Å². The van der Waals surface area contributed by atoms with Crippen molar-refractivity contribution in [3.05, 3.63) is 35.3 Å². The summed E-state index contributed by atoms with van der Waals surface area (Å²) in [6.07, 6.45) is 0.363. The van der Waals surface area contributed by atoms with E-state index < -0.39 is 12.1 Å².